The van der Waals surface area contributed by atoms with Crippen molar-refractivity contribution in [3.8, 4) is 0 Å². The first kappa shape index (κ1) is 19.4. The number of amides is 1. The summed E-state index contributed by atoms with van der Waals surface area (Å²) in [6.07, 6.45) is 0. The van der Waals surface area contributed by atoms with E-state index in [9.17, 15) is 4.79 Å². The molecule has 0 aromatic heterocycles. The fourth-order valence-corrected chi connectivity index (χ4v) is 2.75. The molecule has 0 radical (unpaired) electrons. The quantitative estimate of drug-likeness (QED) is 0.294. The molecule has 1 unspecified atom stereocenters. The van der Waals surface area contributed by atoms with Gasteiger partial charge in [0.15, 0.2) is 5.96 Å². The molecule has 0 heterocycles. The Morgan fingerprint density at radius 2 is 1.74 bits per heavy atom. The van der Waals surface area contributed by atoms with Crippen LogP contribution in [0.2, 0.25) is 0 Å². The van der Waals surface area contributed by atoms with Crippen molar-refractivity contribution in [1.82, 2.24) is 16.0 Å². The van der Waals surface area contributed by atoms with Crippen LogP contribution in [0.4, 0.5) is 0 Å². The minimum atomic E-state index is 0.0169. The molecular formula is C17H28N4OS. The number of carbonyl (C=O) groups is 1. The highest BCUT2D eigenvalue weighted by Crippen LogP contribution is 2.21. The van der Waals surface area contributed by atoms with Crippen molar-refractivity contribution < 1.29 is 4.79 Å². The number of benzene rings is 1. The Bertz CT molecular complexity index is 491. The Morgan fingerprint density at radius 1 is 1.09 bits per heavy atom. The molecule has 0 aliphatic carbocycles. The van der Waals surface area contributed by atoms with Crippen molar-refractivity contribution in [2.75, 3.05) is 26.7 Å². The average molecular weight is 337 g/mol. The van der Waals surface area contributed by atoms with Crippen molar-refractivity contribution in [1.29, 1.82) is 0 Å². The van der Waals surface area contributed by atoms with E-state index in [-0.39, 0.29) is 11.8 Å². The summed E-state index contributed by atoms with van der Waals surface area (Å²) >= 11 is 1.83. The van der Waals surface area contributed by atoms with Crippen molar-refractivity contribution in [2.45, 2.75) is 30.9 Å². The highest BCUT2D eigenvalue weighted by atomic mass is 32.2. The van der Waals surface area contributed by atoms with Gasteiger partial charge in [-0.15, -0.1) is 11.8 Å². The summed E-state index contributed by atoms with van der Waals surface area (Å²) in [7, 11) is 1.75. The standard InChI is InChI=1S/C17H28N4OS/c1-13(2)16(22)19-10-11-20-17(18-4)21-12-14(3)23-15-8-6-5-7-9-15/h5-9,13-14H,10-12H2,1-4H3,(H,19,22)(H2,18,20,21). The first-order valence-corrected chi connectivity index (χ1v) is 8.84. The molecule has 1 aromatic carbocycles. The number of nitrogens with one attached hydrogen (secondary N) is 3. The summed E-state index contributed by atoms with van der Waals surface area (Å²) in [6.45, 7) is 8.01. The van der Waals surface area contributed by atoms with Gasteiger partial charge in [0.25, 0.3) is 0 Å². The Labute approximate surface area is 143 Å². The molecule has 23 heavy (non-hydrogen) atoms. The third-order valence-corrected chi connectivity index (χ3v) is 4.22. The van der Waals surface area contributed by atoms with Crippen molar-refractivity contribution in [3.05, 3.63) is 30.3 Å². The molecule has 0 saturated carbocycles. The normalized spacial score (nSPS) is 12.8. The van der Waals surface area contributed by atoms with E-state index >= 15 is 0 Å². The van der Waals surface area contributed by atoms with Gasteiger partial charge in [0.1, 0.15) is 0 Å². The summed E-state index contributed by atoms with van der Waals surface area (Å²) in [6, 6.07) is 10.4. The lowest BCUT2D eigenvalue weighted by molar-refractivity contribution is -0.123. The minimum Gasteiger partial charge on any atom is -0.355 e. The second-order valence-corrected chi connectivity index (χ2v) is 7.08. The second-order valence-electron chi connectivity index (χ2n) is 5.57. The van der Waals surface area contributed by atoms with E-state index in [1.54, 1.807) is 7.05 Å². The maximum atomic E-state index is 11.5. The molecule has 3 N–H and O–H groups in total. The molecule has 1 aromatic rings. The number of guanidine groups is 1. The lowest BCUT2D eigenvalue weighted by Crippen LogP contribution is -2.43. The molecule has 1 atom stereocenters. The molecular weight excluding hydrogens is 308 g/mol. The Morgan fingerprint density at radius 3 is 2.35 bits per heavy atom. The fourth-order valence-electron chi connectivity index (χ4n) is 1.80. The van der Waals surface area contributed by atoms with Crippen LogP contribution < -0.4 is 16.0 Å². The molecule has 0 aliphatic heterocycles. The number of hydrogen-bond acceptors (Lipinski definition) is 3. The van der Waals surface area contributed by atoms with Crippen molar-refractivity contribution in [3.63, 3.8) is 0 Å². The van der Waals surface area contributed by atoms with Crippen LogP contribution in [-0.4, -0.2) is 43.8 Å². The number of hydrogen-bond donors (Lipinski definition) is 3. The van der Waals surface area contributed by atoms with Gasteiger partial charge < -0.3 is 16.0 Å². The first-order valence-electron chi connectivity index (χ1n) is 7.97. The van der Waals surface area contributed by atoms with Crippen LogP contribution in [0.5, 0.6) is 0 Å². The van der Waals surface area contributed by atoms with Gasteiger partial charge in [-0.25, -0.2) is 0 Å². The largest absolute Gasteiger partial charge is 0.355 e. The van der Waals surface area contributed by atoms with Gasteiger partial charge in [-0.05, 0) is 12.1 Å². The SMILES string of the molecule is CN=C(NCCNC(=O)C(C)C)NCC(C)Sc1ccccc1. The van der Waals surface area contributed by atoms with Crippen LogP contribution in [0.1, 0.15) is 20.8 Å². The zero-order chi connectivity index (χ0) is 17.1. The summed E-state index contributed by atoms with van der Waals surface area (Å²) in [5, 5.41) is 9.80. The highest BCUT2D eigenvalue weighted by molar-refractivity contribution is 8.00. The molecule has 1 amide bonds. The maximum Gasteiger partial charge on any atom is 0.222 e. The van der Waals surface area contributed by atoms with Crippen LogP contribution in [0.15, 0.2) is 40.2 Å². The van der Waals surface area contributed by atoms with Gasteiger partial charge in [0, 0.05) is 42.7 Å². The number of nitrogens with zero attached hydrogens (tertiary/aromatic N) is 1. The van der Waals surface area contributed by atoms with Gasteiger partial charge in [-0.2, -0.15) is 0 Å². The predicted octanol–water partition coefficient (Wildman–Crippen LogP) is 2.10. The fraction of sp³-hybridized carbons (Fsp3) is 0.529. The van der Waals surface area contributed by atoms with Crippen molar-refractivity contribution in [2.24, 2.45) is 10.9 Å². The maximum absolute atomic E-state index is 11.5. The molecule has 0 saturated heterocycles. The van der Waals surface area contributed by atoms with Gasteiger partial charge in [-0.1, -0.05) is 39.0 Å². The Hall–Kier alpha value is -1.69. The molecule has 6 heteroatoms. The molecule has 0 aliphatic rings. The van der Waals surface area contributed by atoms with E-state index in [0.29, 0.717) is 18.3 Å². The first-order chi connectivity index (χ1) is 11.0. The lowest BCUT2D eigenvalue weighted by Gasteiger charge is -2.16. The smallest absolute Gasteiger partial charge is 0.222 e. The van der Waals surface area contributed by atoms with E-state index in [1.807, 2.05) is 31.7 Å². The Kier molecular flexibility index (Phi) is 9.21. The average Bonchev–Trinajstić information content (AvgIpc) is 2.54. The number of thioether (sulfide) groups is 1. The highest BCUT2D eigenvalue weighted by Gasteiger charge is 2.07. The molecule has 0 spiro atoms. The Balaban J connectivity index is 2.22. The van der Waals surface area contributed by atoms with Crippen molar-refractivity contribution >= 4 is 23.6 Å². The predicted molar refractivity (Wildman–Crippen MR) is 99.0 cm³/mol. The molecule has 0 fully saturated rings. The number of carbonyl (C=O) groups excluding carboxylic acids is 1. The third kappa shape index (κ3) is 8.50. The van der Waals surface area contributed by atoms with Crippen LogP contribution in [-0.2, 0) is 4.79 Å². The van der Waals surface area contributed by atoms with E-state index in [4.69, 9.17) is 0 Å². The van der Waals surface area contributed by atoms with Gasteiger partial charge >= 0.3 is 0 Å². The molecule has 5 nitrogen and oxygen atoms in total. The lowest BCUT2D eigenvalue weighted by atomic mass is 10.2. The van der Waals surface area contributed by atoms with E-state index in [0.717, 1.165) is 12.5 Å². The molecule has 0 bridgehead atoms. The minimum absolute atomic E-state index is 0.0169. The van der Waals surface area contributed by atoms with Crippen LogP contribution >= 0.6 is 11.8 Å². The second kappa shape index (κ2) is 10.9. The topological polar surface area (TPSA) is 65.5 Å². The summed E-state index contributed by atoms with van der Waals surface area (Å²) in [5.41, 5.74) is 0. The van der Waals surface area contributed by atoms with Crippen LogP contribution in [0, 0.1) is 5.92 Å². The number of rotatable bonds is 8. The van der Waals surface area contributed by atoms with Crippen LogP contribution in [0.25, 0.3) is 0 Å². The van der Waals surface area contributed by atoms with Gasteiger partial charge in [0.2, 0.25) is 5.91 Å². The van der Waals surface area contributed by atoms with E-state index in [2.05, 4.69) is 52.1 Å². The summed E-state index contributed by atoms with van der Waals surface area (Å²) in [5.74, 6) is 0.843. The zero-order valence-corrected chi connectivity index (χ0v) is 15.2. The van der Waals surface area contributed by atoms with Gasteiger partial charge in [0.05, 0.1) is 0 Å². The summed E-state index contributed by atoms with van der Waals surface area (Å²) < 4.78 is 0. The van der Waals surface area contributed by atoms with Gasteiger partial charge in [-0.3, -0.25) is 9.79 Å². The molecule has 1 rings (SSSR count). The van der Waals surface area contributed by atoms with Crippen LogP contribution in [0.3, 0.4) is 0 Å². The zero-order valence-electron chi connectivity index (χ0n) is 14.4. The third-order valence-electron chi connectivity index (χ3n) is 3.10. The summed E-state index contributed by atoms with van der Waals surface area (Å²) in [4.78, 5) is 16.9. The molecule has 128 valence electrons. The monoisotopic (exact) mass is 336 g/mol. The van der Waals surface area contributed by atoms with E-state index in [1.165, 1.54) is 4.90 Å². The van der Waals surface area contributed by atoms with E-state index < -0.39 is 0 Å². The number of aliphatic imine (C=N–C) groups is 1.